The molecule has 0 aromatic heterocycles. The molecule has 0 bridgehead atoms. The Kier molecular flexibility index (Phi) is 7.37. The Balaban J connectivity index is 1.69. The van der Waals surface area contributed by atoms with Crippen LogP contribution >= 0.6 is 0 Å². The van der Waals surface area contributed by atoms with Gasteiger partial charge in [-0.25, -0.2) is 8.78 Å². The van der Waals surface area contributed by atoms with Crippen LogP contribution in [0.25, 0.3) is 0 Å². The molecule has 0 aliphatic heterocycles. The van der Waals surface area contributed by atoms with E-state index >= 15 is 0 Å². The average Bonchev–Trinajstić information content (AvgIpc) is 2.66. The molecule has 0 spiro atoms. The average molecular weight is 393 g/mol. The lowest BCUT2D eigenvalue weighted by Crippen LogP contribution is -2.21. The van der Waals surface area contributed by atoms with Gasteiger partial charge in [0.1, 0.15) is 17.3 Å². The van der Waals surface area contributed by atoms with Crippen molar-refractivity contribution in [3.63, 3.8) is 0 Å². The van der Waals surface area contributed by atoms with Crippen molar-refractivity contribution in [2.45, 2.75) is 12.8 Å². The Morgan fingerprint density at radius 3 is 2.61 bits per heavy atom. The van der Waals surface area contributed by atoms with Crippen LogP contribution in [0.3, 0.4) is 0 Å². The molecule has 8 nitrogen and oxygen atoms in total. The first kappa shape index (κ1) is 20.7. The number of halogens is 2. The number of carbonyl (C=O) groups is 2. The summed E-state index contributed by atoms with van der Waals surface area (Å²) in [6, 6.07) is 8.67. The van der Waals surface area contributed by atoms with Gasteiger partial charge in [0.25, 0.3) is 11.6 Å². The van der Waals surface area contributed by atoms with Crippen LogP contribution in [0.2, 0.25) is 0 Å². The van der Waals surface area contributed by atoms with Gasteiger partial charge >= 0.3 is 5.97 Å². The van der Waals surface area contributed by atoms with Crippen molar-refractivity contribution in [2.75, 3.05) is 23.8 Å². The summed E-state index contributed by atoms with van der Waals surface area (Å²) in [5, 5.41) is 15.8. The first-order valence-electron chi connectivity index (χ1n) is 8.24. The normalized spacial score (nSPS) is 10.2. The number of amides is 1. The van der Waals surface area contributed by atoms with Crippen LogP contribution in [0, 0.1) is 21.7 Å². The minimum atomic E-state index is -0.817. The van der Waals surface area contributed by atoms with E-state index in [0.29, 0.717) is 12.1 Å². The van der Waals surface area contributed by atoms with Crippen molar-refractivity contribution in [3.05, 3.63) is 64.2 Å². The maximum absolute atomic E-state index is 13.4. The van der Waals surface area contributed by atoms with Gasteiger partial charge < -0.3 is 15.4 Å². The molecule has 0 atom stereocenters. The molecule has 0 saturated carbocycles. The van der Waals surface area contributed by atoms with Crippen LogP contribution < -0.4 is 10.6 Å². The molecule has 1 amide bonds. The number of hydrogen-bond acceptors (Lipinski definition) is 6. The predicted molar refractivity (Wildman–Crippen MR) is 96.8 cm³/mol. The maximum Gasteiger partial charge on any atom is 0.306 e. The third kappa shape index (κ3) is 6.31. The van der Waals surface area contributed by atoms with Gasteiger partial charge in [-0.2, -0.15) is 0 Å². The Morgan fingerprint density at radius 2 is 1.86 bits per heavy atom. The number of carbonyl (C=O) groups excluding carboxylic acids is 2. The van der Waals surface area contributed by atoms with Crippen LogP contribution in [0.15, 0.2) is 42.5 Å². The SMILES string of the molecule is O=C(COC(=O)CCCNc1ccccc1[N+](=O)[O-])Nc1cc(F)ccc1F. The fraction of sp³-hybridized carbons (Fsp3) is 0.222. The summed E-state index contributed by atoms with van der Waals surface area (Å²) in [7, 11) is 0. The fourth-order valence-electron chi connectivity index (χ4n) is 2.24. The molecule has 148 valence electrons. The maximum atomic E-state index is 13.4. The number of para-hydroxylation sites is 2. The summed E-state index contributed by atoms with van der Waals surface area (Å²) in [5.41, 5.74) is -0.0987. The van der Waals surface area contributed by atoms with Crippen LogP contribution in [-0.4, -0.2) is 30.0 Å². The molecule has 2 aromatic rings. The van der Waals surface area contributed by atoms with E-state index in [9.17, 15) is 28.5 Å². The van der Waals surface area contributed by atoms with Crippen molar-refractivity contribution >= 4 is 28.9 Å². The molecule has 10 heteroatoms. The molecule has 0 unspecified atom stereocenters. The van der Waals surface area contributed by atoms with Crippen LogP contribution in [0.1, 0.15) is 12.8 Å². The second-order valence-electron chi connectivity index (χ2n) is 5.64. The lowest BCUT2D eigenvalue weighted by molar-refractivity contribution is -0.384. The van der Waals surface area contributed by atoms with E-state index in [-0.39, 0.29) is 24.3 Å². The van der Waals surface area contributed by atoms with Crippen molar-refractivity contribution in [3.8, 4) is 0 Å². The monoisotopic (exact) mass is 393 g/mol. The number of rotatable bonds is 9. The van der Waals surface area contributed by atoms with E-state index in [2.05, 4.69) is 10.6 Å². The quantitative estimate of drug-likeness (QED) is 0.293. The number of hydrogen-bond donors (Lipinski definition) is 2. The van der Waals surface area contributed by atoms with E-state index in [4.69, 9.17) is 4.74 Å². The number of ether oxygens (including phenoxy) is 1. The summed E-state index contributed by atoms with van der Waals surface area (Å²) in [4.78, 5) is 33.7. The van der Waals surface area contributed by atoms with Gasteiger partial charge in [0.05, 0.1) is 10.6 Å². The molecule has 0 heterocycles. The summed E-state index contributed by atoms with van der Waals surface area (Å²) < 4.78 is 31.2. The van der Waals surface area contributed by atoms with Gasteiger partial charge in [0.15, 0.2) is 6.61 Å². The molecule has 2 N–H and O–H groups in total. The van der Waals surface area contributed by atoms with Crippen molar-refractivity contribution < 1.29 is 28.0 Å². The standard InChI is InChI=1S/C18H17F2N3O5/c19-12-7-8-13(20)15(10-12)22-17(24)11-28-18(25)6-3-9-21-14-4-1-2-5-16(14)23(26)27/h1-2,4-5,7-8,10,21H,3,6,9,11H2,(H,22,24). The lowest BCUT2D eigenvalue weighted by atomic mass is 10.2. The van der Waals surface area contributed by atoms with Crippen LogP contribution in [0.5, 0.6) is 0 Å². The number of nitrogens with zero attached hydrogens (tertiary/aromatic N) is 1. The van der Waals surface area contributed by atoms with E-state index < -0.39 is 35.0 Å². The summed E-state index contributed by atoms with van der Waals surface area (Å²) in [5.74, 6) is -3.02. The third-order valence-electron chi connectivity index (χ3n) is 3.54. The number of nitro benzene ring substituents is 1. The van der Waals surface area contributed by atoms with Gasteiger partial charge in [-0.15, -0.1) is 0 Å². The minimum Gasteiger partial charge on any atom is -0.456 e. The first-order chi connectivity index (χ1) is 13.4. The molecular weight excluding hydrogens is 376 g/mol. The zero-order chi connectivity index (χ0) is 20.5. The van der Waals surface area contributed by atoms with E-state index in [1.165, 1.54) is 6.07 Å². The van der Waals surface area contributed by atoms with E-state index in [1.54, 1.807) is 18.2 Å². The third-order valence-corrected chi connectivity index (χ3v) is 3.54. The smallest absolute Gasteiger partial charge is 0.306 e. The van der Waals surface area contributed by atoms with Crippen molar-refractivity contribution in [1.29, 1.82) is 0 Å². The molecule has 28 heavy (non-hydrogen) atoms. The Morgan fingerprint density at radius 1 is 1.11 bits per heavy atom. The molecule has 0 aliphatic carbocycles. The highest BCUT2D eigenvalue weighted by molar-refractivity contribution is 5.92. The zero-order valence-electron chi connectivity index (χ0n) is 14.6. The van der Waals surface area contributed by atoms with Gasteiger partial charge in [-0.1, -0.05) is 12.1 Å². The number of benzene rings is 2. The summed E-state index contributed by atoms with van der Waals surface area (Å²) in [6.45, 7) is -0.368. The predicted octanol–water partition coefficient (Wildman–Crippen LogP) is 3.25. The molecule has 0 aliphatic rings. The van der Waals surface area contributed by atoms with Crippen LogP contribution in [-0.2, 0) is 14.3 Å². The van der Waals surface area contributed by atoms with Gasteiger partial charge in [-0.05, 0) is 24.6 Å². The first-order valence-corrected chi connectivity index (χ1v) is 8.24. The highest BCUT2D eigenvalue weighted by Crippen LogP contribution is 2.23. The zero-order valence-corrected chi connectivity index (χ0v) is 14.6. The van der Waals surface area contributed by atoms with Gasteiger partial charge in [-0.3, -0.25) is 19.7 Å². The lowest BCUT2D eigenvalue weighted by Gasteiger charge is -2.08. The van der Waals surface area contributed by atoms with Gasteiger partial charge in [0, 0.05) is 25.1 Å². The minimum absolute atomic E-state index is 0.0325. The Labute approximate surface area is 158 Å². The van der Waals surface area contributed by atoms with Crippen molar-refractivity contribution in [1.82, 2.24) is 0 Å². The highest BCUT2D eigenvalue weighted by Gasteiger charge is 2.13. The molecule has 0 saturated heterocycles. The second-order valence-corrected chi connectivity index (χ2v) is 5.64. The Bertz CT molecular complexity index is 876. The fourth-order valence-corrected chi connectivity index (χ4v) is 2.24. The Hall–Kier alpha value is -3.56. The van der Waals surface area contributed by atoms with E-state index in [1.807, 2.05) is 0 Å². The van der Waals surface area contributed by atoms with Gasteiger partial charge in [0.2, 0.25) is 0 Å². The second kappa shape index (κ2) is 9.95. The highest BCUT2D eigenvalue weighted by atomic mass is 19.1. The molecule has 2 aromatic carbocycles. The van der Waals surface area contributed by atoms with E-state index in [0.717, 1.165) is 18.2 Å². The largest absolute Gasteiger partial charge is 0.456 e. The number of esters is 1. The summed E-state index contributed by atoms with van der Waals surface area (Å²) in [6.07, 6.45) is 0.278. The molecule has 0 radical (unpaired) electrons. The number of nitro groups is 1. The number of anilines is 2. The molecule has 0 fully saturated rings. The molecular formula is C18H17F2N3O5. The van der Waals surface area contributed by atoms with Crippen molar-refractivity contribution in [2.24, 2.45) is 0 Å². The number of nitrogens with one attached hydrogen (secondary N) is 2. The van der Waals surface area contributed by atoms with Crippen LogP contribution in [0.4, 0.5) is 25.8 Å². The topological polar surface area (TPSA) is 111 Å². The summed E-state index contributed by atoms with van der Waals surface area (Å²) >= 11 is 0. The molecule has 2 rings (SSSR count).